The Hall–Kier alpha value is -8.15. The molecule has 0 aliphatic heterocycles. The molecule has 442 valence electrons. The van der Waals surface area contributed by atoms with Gasteiger partial charge in [0.05, 0.1) is 25.0 Å². The molecular weight excluding hydrogens is 1040 g/mol. The number of aliphatic carboxylic acids is 2. The molecule has 1 aromatic carbocycles. The van der Waals surface area contributed by atoms with Gasteiger partial charge in [-0.25, -0.2) is 4.79 Å². The van der Waals surface area contributed by atoms with Crippen LogP contribution in [0.3, 0.4) is 0 Å². The highest BCUT2D eigenvalue weighted by Gasteiger charge is 2.38. The molecule has 79 heavy (non-hydrogen) atoms. The van der Waals surface area contributed by atoms with Gasteiger partial charge in [-0.05, 0) is 69.1 Å². The molecule has 30 nitrogen and oxygen atoms in total. The SMILES string of the molecule is CC[C@H](C)[C@H](NC(=O)[C@H](Cc1ccc(O)cc1)NC(=O)[C@H](CC(N)=O)NC(=O)[C@@H](NC(=O)[C@@H](NC(=O)[C@H](CC(=O)O)NC(=O)[C@@H](C)NC(=O)[C@@H](C)N)C(C)C)C(C)C)C(=O)N[C@H](C(=O)N[C@@H](CCCN=C(N)N)C(=O)O)[C@@H](C)O. The molecule has 0 aromatic heterocycles. The third-order valence-corrected chi connectivity index (χ3v) is 12.1. The zero-order valence-electron chi connectivity index (χ0n) is 45.8. The fourth-order valence-electron chi connectivity index (χ4n) is 7.31. The lowest BCUT2D eigenvalue weighted by atomic mass is 9.96. The highest BCUT2D eigenvalue weighted by molar-refractivity contribution is 6.00. The molecule has 0 radical (unpaired) electrons. The predicted octanol–water partition coefficient (Wildman–Crippen LogP) is -5.11. The summed E-state index contributed by atoms with van der Waals surface area (Å²) in [6.07, 6.45) is -3.52. The van der Waals surface area contributed by atoms with E-state index in [0.717, 1.165) is 6.92 Å². The molecule has 0 aliphatic carbocycles. The number of phenols is 1. The first-order chi connectivity index (χ1) is 36.7. The van der Waals surface area contributed by atoms with Crippen LogP contribution in [0.4, 0.5) is 0 Å². The second kappa shape index (κ2) is 33.2. The Labute approximate surface area is 456 Å². The maximum atomic E-state index is 14.3. The monoisotopic (exact) mass is 1120 g/mol. The van der Waals surface area contributed by atoms with Crippen LogP contribution in [0.1, 0.15) is 100.0 Å². The lowest BCUT2D eigenvalue weighted by Gasteiger charge is -2.30. The summed E-state index contributed by atoms with van der Waals surface area (Å²) >= 11 is 0. The number of nitrogens with one attached hydrogen (secondary N) is 9. The van der Waals surface area contributed by atoms with Crippen molar-refractivity contribution in [2.75, 3.05) is 6.54 Å². The van der Waals surface area contributed by atoms with Gasteiger partial charge >= 0.3 is 11.9 Å². The molecule has 1 aromatic rings. The first-order valence-corrected chi connectivity index (χ1v) is 25.4. The average Bonchev–Trinajstić information content (AvgIpc) is 3.35. The van der Waals surface area contributed by atoms with Crippen molar-refractivity contribution in [3.63, 3.8) is 0 Å². The average molecular weight is 1120 g/mol. The van der Waals surface area contributed by atoms with Crippen molar-refractivity contribution in [1.29, 1.82) is 0 Å². The molecular formula is C49H80N14O16. The van der Waals surface area contributed by atoms with Crippen LogP contribution >= 0.6 is 0 Å². The molecule has 21 N–H and O–H groups in total. The van der Waals surface area contributed by atoms with E-state index in [2.05, 4.69) is 52.8 Å². The largest absolute Gasteiger partial charge is 0.508 e. The number of amides is 10. The van der Waals surface area contributed by atoms with E-state index < -0.39 is 168 Å². The number of primary amides is 1. The zero-order valence-corrected chi connectivity index (χ0v) is 45.8. The molecule has 1 rings (SSSR count). The fourth-order valence-corrected chi connectivity index (χ4v) is 7.31. The predicted molar refractivity (Wildman–Crippen MR) is 283 cm³/mol. The summed E-state index contributed by atoms with van der Waals surface area (Å²) in [6, 6.07) is -9.79. The molecule has 10 amide bonds. The normalized spacial score (nSPS) is 15.7. The Morgan fingerprint density at radius 2 is 0.962 bits per heavy atom. The Balaban J connectivity index is 3.54. The number of benzene rings is 1. The second-order valence-corrected chi connectivity index (χ2v) is 19.7. The number of phenolic OH excluding ortho intramolecular Hbond substituents is 1. The number of hydrogen-bond acceptors (Lipinski definition) is 16. The van der Waals surface area contributed by atoms with Crippen LogP contribution in [-0.4, -0.2) is 170 Å². The highest BCUT2D eigenvalue weighted by atomic mass is 16.4. The number of aliphatic hydroxyl groups excluding tert-OH is 1. The van der Waals surface area contributed by atoms with E-state index in [1.165, 1.54) is 65.8 Å². The van der Waals surface area contributed by atoms with Gasteiger partial charge in [0.2, 0.25) is 59.1 Å². The zero-order chi connectivity index (χ0) is 60.6. The number of carboxylic acids is 2. The van der Waals surface area contributed by atoms with E-state index in [-0.39, 0.29) is 43.9 Å². The van der Waals surface area contributed by atoms with Gasteiger partial charge in [-0.3, -0.25) is 57.7 Å². The minimum atomic E-state index is -1.83. The number of carbonyl (C=O) groups is 12. The van der Waals surface area contributed by atoms with Gasteiger partial charge in [-0.2, -0.15) is 0 Å². The van der Waals surface area contributed by atoms with Crippen molar-refractivity contribution < 1.29 is 78.0 Å². The van der Waals surface area contributed by atoms with Gasteiger partial charge in [0, 0.05) is 13.0 Å². The van der Waals surface area contributed by atoms with Gasteiger partial charge in [-0.15, -0.1) is 0 Å². The molecule has 30 heteroatoms. The number of carboxylic acid groups (broad SMARTS) is 2. The number of nitrogens with zero attached hydrogens (tertiary/aromatic N) is 1. The maximum Gasteiger partial charge on any atom is 0.326 e. The van der Waals surface area contributed by atoms with Crippen LogP contribution in [0.25, 0.3) is 0 Å². The van der Waals surface area contributed by atoms with Crippen LogP contribution in [0.15, 0.2) is 29.3 Å². The van der Waals surface area contributed by atoms with Crippen LogP contribution in [0.2, 0.25) is 0 Å². The Morgan fingerprint density at radius 3 is 1.44 bits per heavy atom. The molecule has 0 aliphatic rings. The van der Waals surface area contributed by atoms with Gasteiger partial charge in [-0.1, -0.05) is 60.1 Å². The number of aliphatic imine (C=N–C) groups is 1. The van der Waals surface area contributed by atoms with E-state index in [1.807, 2.05) is 0 Å². The summed E-state index contributed by atoms with van der Waals surface area (Å²) in [6.45, 7) is 13.1. The lowest BCUT2D eigenvalue weighted by molar-refractivity contribution is -0.143. The number of hydrogen-bond donors (Lipinski definition) is 17. The van der Waals surface area contributed by atoms with Gasteiger partial charge in [0.15, 0.2) is 5.96 Å². The van der Waals surface area contributed by atoms with Crippen molar-refractivity contribution >= 4 is 77.0 Å². The van der Waals surface area contributed by atoms with Crippen LogP contribution in [0, 0.1) is 17.8 Å². The summed E-state index contributed by atoms with van der Waals surface area (Å²) in [5.41, 5.74) is 22.0. The summed E-state index contributed by atoms with van der Waals surface area (Å²) in [4.78, 5) is 162. The molecule has 0 unspecified atom stereocenters. The number of aliphatic hydroxyl groups is 1. The standard InChI is InChI=1S/C49H80N14O16/c1-10-23(6)37(46(76)63-38(26(9)64)47(77)56-29(48(78)79)12-11-17-54-49(52)53)62-42(72)30(18-27-13-15-28(65)16-14-27)58-41(71)31(19-33(51)66)59-44(74)35(21(2)3)61-45(75)36(22(4)5)60-43(73)32(20-34(67)68)57-40(70)25(8)55-39(69)24(7)50/h13-16,21-26,29-32,35-38,64-65H,10-12,17-20,50H2,1-9H3,(H2,51,66)(H,55,69)(H,56,77)(H,57,70)(H,58,71)(H,59,74)(H,60,73)(H,61,75)(H,62,72)(H,63,76)(H,67,68)(H,78,79)(H4,52,53,54)/t23-,24+,25+,26+,29-,30-,31-,32-,35-,36-,37-,38-/m0/s1. The number of carbonyl (C=O) groups excluding carboxylic acids is 10. The Kier molecular flexibility index (Phi) is 28.9. The van der Waals surface area contributed by atoms with E-state index >= 15 is 0 Å². The van der Waals surface area contributed by atoms with Crippen molar-refractivity contribution in [3.05, 3.63) is 29.8 Å². The topological polar surface area (TPSA) is 510 Å². The molecule has 0 bridgehead atoms. The molecule has 0 heterocycles. The molecule has 0 saturated heterocycles. The van der Waals surface area contributed by atoms with E-state index in [0.29, 0.717) is 5.56 Å². The molecule has 0 spiro atoms. The van der Waals surface area contributed by atoms with Gasteiger partial charge in [0.25, 0.3) is 0 Å². The van der Waals surface area contributed by atoms with E-state index in [1.54, 1.807) is 13.8 Å². The van der Waals surface area contributed by atoms with E-state index in [4.69, 9.17) is 22.9 Å². The molecule has 0 fully saturated rings. The number of nitrogens with two attached hydrogens (primary N) is 4. The summed E-state index contributed by atoms with van der Waals surface area (Å²) in [7, 11) is 0. The van der Waals surface area contributed by atoms with Gasteiger partial charge < -0.3 is 91.2 Å². The summed E-state index contributed by atoms with van der Waals surface area (Å²) in [5.74, 6) is -15.7. The number of rotatable bonds is 34. The number of guanidine groups is 1. The van der Waals surface area contributed by atoms with Crippen molar-refractivity contribution in [2.45, 2.75) is 167 Å². The minimum Gasteiger partial charge on any atom is -0.508 e. The third kappa shape index (κ3) is 24.4. The third-order valence-electron chi connectivity index (χ3n) is 12.1. The lowest BCUT2D eigenvalue weighted by Crippen LogP contribution is -2.63. The van der Waals surface area contributed by atoms with Crippen molar-refractivity contribution in [3.8, 4) is 5.75 Å². The van der Waals surface area contributed by atoms with E-state index in [9.17, 15) is 78.0 Å². The van der Waals surface area contributed by atoms with Crippen LogP contribution in [0.5, 0.6) is 5.75 Å². The second-order valence-electron chi connectivity index (χ2n) is 19.7. The number of aromatic hydroxyl groups is 1. The van der Waals surface area contributed by atoms with Crippen LogP contribution in [-0.2, 0) is 64.0 Å². The minimum absolute atomic E-state index is 0.0413. The smallest absolute Gasteiger partial charge is 0.326 e. The summed E-state index contributed by atoms with van der Waals surface area (Å²) < 4.78 is 0. The highest BCUT2D eigenvalue weighted by Crippen LogP contribution is 2.15. The Morgan fingerprint density at radius 1 is 0.532 bits per heavy atom. The van der Waals surface area contributed by atoms with Crippen LogP contribution < -0.4 is 70.8 Å². The fraction of sp³-hybridized carbons (Fsp3) is 0.612. The summed E-state index contributed by atoms with van der Waals surface area (Å²) in [5, 5.41) is 61.3. The molecule has 0 saturated carbocycles. The van der Waals surface area contributed by atoms with Crippen molar-refractivity contribution in [1.82, 2.24) is 47.9 Å². The molecule has 12 atom stereocenters. The maximum absolute atomic E-state index is 14.3. The van der Waals surface area contributed by atoms with Gasteiger partial charge in [0.1, 0.15) is 60.1 Å². The van der Waals surface area contributed by atoms with Crippen molar-refractivity contribution in [2.24, 2.45) is 45.7 Å². The quantitative estimate of drug-likeness (QED) is 0.0174. The first-order valence-electron chi connectivity index (χ1n) is 25.4. The Bertz CT molecular complexity index is 2340. The first kappa shape index (κ1) is 68.9.